The normalized spacial score (nSPS) is 24.6. The number of carbonyl (C=O) groups excluding carboxylic acids is 1. The smallest absolute Gasteiger partial charge is 0.223 e. The average Bonchev–Trinajstić information content (AvgIpc) is 2.48. The number of benzene rings is 1. The third-order valence-corrected chi connectivity index (χ3v) is 5.03. The molecule has 0 bridgehead atoms. The van der Waals surface area contributed by atoms with Gasteiger partial charge < -0.3 is 15.0 Å². The Labute approximate surface area is 139 Å². The van der Waals surface area contributed by atoms with E-state index in [0.29, 0.717) is 0 Å². The van der Waals surface area contributed by atoms with Crippen LogP contribution in [0, 0.1) is 12.8 Å². The Morgan fingerprint density at radius 2 is 2.00 bits per heavy atom. The van der Waals surface area contributed by atoms with Gasteiger partial charge in [0.25, 0.3) is 0 Å². The van der Waals surface area contributed by atoms with Crippen molar-refractivity contribution in [2.75, 3.05) is 20.1 Å². The first-order valence-corrected chi connectivity index (χ1v) is 8.62. The fourth-order valence-corrected chi connectivity index (χ4v) is 3.66. The second-order valence-corrected chi connectivity index (χ2v) is 7.75. The lowest BCUT2D eigenvalue weighted by molar-refractivity contribution is -0.127. The molecular weight excluding hydrogens is 288 g/mol. The number of hydrogen-bond acceptors (Lipinski definition) is 3. The molecule has 1 fully saturated rings. The molecule has 1 saturated heterocycles. The number of rotatable bonds is 2. The maximum atomic E-state index is 12.7. The predicted octanol–water partition coefficient (Wildman–Crippen LogP) is 3.06. The van der Waals surface area contributed by atoms with E-state index in [0.717, 1.165) is 43.7 Å². The van der Waals surface area contributed by atoms with Crippen LogP contribution in [0.3, 0.4) is 0 Å². The van der Waals surface area contributed by atoms with Gasteiger partial charge in [-0.25, -0.2) is 0 Å². The van der Waals surface area contributed by atoms with E-state index in [1.54, 1.807) is 0 Å². The van der Waals surface area contributed by atoms with Crippen molar-refractivity contribution in [3.63, 3.8) is 0 Å². The number of carbonyl (C=O) groups is 1. The summed E-state index contributed by atoms with van der Waals surface area (Å²) in [5, 5.41) is 3.30. The van der Waals surface area contributed by atoms with Gasteiger partial charge in [-0.1, -0.05) is 17.7 Å². The maximum absolute atomic E-state index is 12.7. The third-order valence-electron chi connectivity index (χ3n) is 5.03. The monoisotopic (exact) mass is 316 g/mol. The number of fused-ring (bicyclic) bond motifs is 1. The molecule has 0 aliphatic carbocycles. The molecule has 4 heteroatoms. The highest BCUT2D eigenvalue weighted by Gasteiger charge is 2.35. The molecule has 1 amide bonds. The molecule has 1 N–H and O–H groups in total. The molecule has 23 heavy (non-hydrogen) atoms. The molecule has 2 aliphatic rings. The Kier molecular flexibility index (Phi) is 4.37. The summed E-state index contributed by atoms with van der Waals surface area (Å²) in [4.78, 5) is 15.0. The first-order valence-electron chi connectivity index (χ1n) is 8.62. The Balaban J connectivity index is 1.76. The summed E-state index contributed by atoms with van der Waals surface area (Å²) < 4.78 is 6.09. The van der Waals surface area contributed by atoms with Gasteiger partial charge in [0.05, 0.1) is 6.04 Å². The number of nitrogens with one attached hydrogen (secondary N) is 1. The summed E-state index contributed by atoms with van der Waals surface area (Å²) in [6.45, 7) is 8.27. The van der Waals surface area contributed by atoms with Crippen molar-refractivity contribution < 1.29 is 9.53 Å². The average molecular weight is 316 g/mol. The van der Waals surface area contributed by atoms with Crippen molar-refractivity contribution in [1.29, 1.82) is 0 Å². The SMILES string of the molecule is Cc1ccc2c(c1)[C@@H](NC(=O)C1CCN(C)CC1)CC(C)(C)O2. The van der Waals surface area contributed by atoms with Crippen LogP contribution in [0.2, 0.25) is 0 Å². The van der Waals surface area contributed by atoms with Crippen LogP contribution in [-0.4, -0.2) is 36.5 Å². The van der Waals surface area contributed by atoms with E-state index in [1.807, 2.05) is 6.07 Å². The lowest BCUT2D eigenvalue weighted by Gasteiger charge is -2.39. The summed E-state index contributed by atoms with van der Waals surface area (Å²) in [5.41, 5.74) is 2.06. The third kappa shape index (κ3) is 3.69. The van der Waals surface area contributed by atoms with E-state index in [-0.39, 0.29) is 23.5 Å². The molecule has 4 nitrogen and oxygen atoms in total. The van der Waals surface area contributed by atoms with E-state index in [1.165, 1.54) is 5.56 Å². The van der Waals surface area contributed by atoms with Gasteiger partial charge in [-0.15, -0.1) is 0 Å². The molecule has 2 aliphatic heterocycles. The minimum absolute atomic E-state index is 0.0424. The zero-order valence-electron chi connectivity index (χ0n) is 14.7. The Bertz CT molecular complexity index is 589. The summed E-state index contributed by atoms with van der Waals surface area (Å²) >= 11 is 0. The van der Waals surface area contributed by atoms with E-state index < -0.39 is 0 Å². The number of nitrogens with zero attached hydrogens (tertiary/aromatic N) is 1. The Morgan fingerprint density at radius 1 is 1.30 bits per heavy atom. The summed E-state index contributed by atoms with van der Waals surface area (Å²) in [5.74, 6) is 1.25. The molecule has 0 spiro atoms. The molecule has 1 aromatic rings. The van der Waals surface area contributed by atoms with Crippen molar-refractivity contribution in [1.82, 2.24) is 10.2 Å². The minimum atomic E-state index is -0.257. The summed E-state index contributed by atoms with van der Waals surface area (Å²) in [6, 6.07) is 6.28. The van der Waals surface area contributed by atoms with Gasteiger partial charge in [0, 0.05) is 17.9 Å². The van der Waals surface area contributed by atoms with Crippen LogP contribution in [0.25, 0.3) is 0 Å². The van der Waals surface area contributed by atoms with Crippen LogP contribution in [0.4, 0.5) is 0 Å². The van der Waals surface area contributed by atoms with Crippen molar-refractivity contribution in [2.45, 2.75) is 51.7 Å². The van der Waals surface area contributed by atoms with Crippen LogP contribution in [0.5, 0.6) is 5.75 Å². The van der Waals surface area contributed by atoms with Crippen LogP contribution < -0.4 is 10.1 Å². The van der Waals surface area contributed by atoms with E-state index in [2.05, 4.69) is 50.2 Å². The lowest BCUT2D eigenvalue weighted by Crippen LogP contribution is -2.44. The van der Waals surface area contributed by atoms with Gasteiger partial charge in [-0.2, -0.15) is 0 Å². The molecule has 3 rings (SSSR count). The second-order valence-electron chi connectivity index (χ2n) is 7.75. The fraction of sp³-hybridized carbons (Fsp3) is 0.632. The standard InChI is InChI=1S/C19H28N2O2/c1-13-5-6-17-15(11-13)16(12-19(2,3)23-17)20-18(22)14-7-9-21(4)10-8-14/h5-6,11,14,16H,7-10,12H2,1-4H3,(H,20,22)/t16-/m0/s1. The number of amides is 1. The van der Waals surface area contributed by atoms with Gasteiger partial charge in [0.2, 0.25) is 5.91 Å². The van der Waals surface area contributed by atoms with E-state index in [9.17, 15) is 4.79 Å². The fourth-order valence-electron chi connectivity index (χ4n) is 3.66. The van der Waals surface area contributed by atoms with Gasteiger partial charge in [0.1, 0.15) is 11.4 Å². The van der Waals surface area contributed by atoms with Crippen molar-refractivity contribution in [2.24, 2.45) is 5.92 Å². The van der Waals surface area contributed by atoms with Gasteiger partial charge in [-0.05, 0) is 59.8 Å². The Morgan fingerprint density at radius 3 is 2.70 bits per heavy atom. The van der Waals surface area contributed by atoms with Crippen molar-refractivity contribution in [3.8, 4) is 5.75 Å². The first-order chi connectivity index (χ1) is 10.8. The molecular formula is C19H28N2O2. The number of aryl methyl sites for hydroxylation is 1. The summed E-state index contributed by atoms with van der Waals surface area (Å²) in [7, 11) is 2.12. The quantitative estimate of drug-likeness (QED) is 0.912. The minimum Gasteiger partial charge on any atom is -0.487 e. The van der Waals surface area contributed by atoms with Gasteiger partial charge in [0.15, 0.2) is 0 Å². The van der Waals surface area contributed by atoms with Gasteiger partial charge in [-0.3, -0.25) is 4.79 Å². The topological polar surface area (TPSA) is 41.6 Å². The van der Waals surface area contributed by atoms with Crippen LogP contribution in [-0.2, 0) is 4.79 Å². The Hall–Kier alpha value is -1.55. The molecule has 2 heterocycles. The van der Waals surface area contributed by atoms with Crippen LogP contribution in [0.15, 0.2) is 18.2 Å². The van der Waals surface area contributed by atoms with E-state index in [4.69, 9.17) is 4.74 Å². The molecule has 0 aromatic heterocycles. The largest absolute Gasteiger partial charge is 0.487 e. The maximum Gasteiger partial charge on any atom is 0.223 e. The lowest BCUT2D eigenvalue weighted by atomic mass is 9.88. The molecule has 0 saturated carbocycles. The van der Waals surface area contributed by atoms with Crippen LogP contribution in [0.1, 0.15) is 50.3 Å². The predicted molar refractivity (Wildman–Crippen MR) is 91.6 cm³/mol. The van der Waals surface area contributed by atoms with Crippen molar-refractivity contribution in [3.05, 3.63) is 29.3 Å². The van der Waals surface area contributed by atoms with Gasteiger partial charge >= 0.3 is 0 Å². The molecule has 0 unspecified atom stereocenters. The van der Waals surface area contributed by atoms with E-state index >= 15 is 0 Å². The number of piperidine rings is 1. The van der Waals surface area contributed by atoms with Crippen molar-refractivity contribution >= 4 is 5.91 Å². The summed E-state index contributed by atoms with van der Waals surface area (Å²) in [6.07, 6.45) is 2.72. The zero-order valence-corrected chi connectivity index (χ0v) is 14.7. The number of hydrogen-bond donors (Lipinski definition) is 1. The second kappa shape index (κ2) is 6.16. The molecule has 1 atom stereocenters. The molecule has 1 aromatic carbocycles. The molecule has 0 radical (unpaired) electrons. The highest BCUT2D eigenvalue weighted by atomic mass is 16.5. The highest BCUT2D eigenvalue weighted by Crippen LogP contribution is 2.40. The van der Waals surface area contributed by atoms with Crippen LogP contribution >= 0.6 is 0 Å². The zero-order chi connectivity index (χ0) is 16.6. The number of ether oxygens (including phenoxy) is 1. The first kappa shape index (κ1) is 16.3. The highest BCUT2D eigenvalue weighted by molar-refractivity contribution is 5.79. The molecule has 126 valence electrons. The number of likely N-dealkylation sites (tertiary alicyclic amines) is 1.